The van der Waals surface area contributed by atoms with Crippen molar-refractivity contribution in [2.45, 2.75) is 6.61 Å². The number of carboxylic acids is 1. The zero-order chi connectivity index (χ0) is 25.9. The van der Waals surface area contributed by atoms with Crippen molar-refractivity contribution >= 4 is 12.1 Å². The Bertz CT molecular complexity index is 648. The normalized spacial score (nSPS) is 10.9. The summed E-state index contributed by atoms with van der Waals surface area (Å²) in [6.07, 6.45) is -0.476. The third-order valence-corrected chi connectivity index (χ3v) is 4.19. The summed E-state index contributed by atoms with van der Waals surface area (Å²) >= 11 is 0. The van der Waals surface area contributed by atoms with Gasteiger partial charge in [0.1, 0.15) is 13.2 Å². The summed E-state index contributed by atoms with van der Waals surface area (Å²) in [5.41, 5.74) is 0.932. The standard InChI is InChI=1S/C24H39NO11/c26-23(27)21-35-19-18-34-17-16-33-15-14-32-13-12-31-11-10-30-9-8-29-7-6-25-24(28)36-20-22-4-2-1-3-5-22/h1-5H,6-21H2,(H,25,28)(H,26,27). The van der Waals surface area contributed by atoms with Gasteiger partial charge in [-0.15, -0.1) is 0 Å². The summed E-state index contributed by atoms with van der Waals surface area (Å²) in [7, 11) is 0. The van der Waals surface area contributed by atoms with Crippen LogP contribution in [0.5, 0.6) is 0 Å². The Balaban J connectivity index is 1.69. The average molecular weight is 518 g/mol. The zero-order valence-corrected chi connectivity index (χ0v) is 20.7. The molecule has 36 heavy (non-hydrogen) atoms. The van der Waals surface area contributed by atoms with Crippen LogP contribution in [0.15, 0.2) is 30.3 Å². The average Bonchev–Trinajstić information content (AvgIpc) is 2.88. The van der Waals surface area contributed by atoms with Gasteiger partial charge in [-0.25, -0.2) is 9.59 Å². The molecule has 0 saturated heterocycles. The van der Waals surface area contributed by atoms with Crippen LogP contribution in [0, 0.1) is 0 Å². The molecule has 0 aliphatic heterocycles. The van der Waals surface area contributed by atoms with Crippen LogP contribution in [0.4, 0.5) is 4.79 Å². The van der Waals surface area contributed by atoms with Gasteiger partial charge >= 0.3 is 12.1 Å². The van der Waals surface area contributed by atoms with E-state index in [1.54, 1.807) is 0 Å². The number of benzene rings is 1. The monoisotopic (exact) mass is 517 g/mol. The van der Waals surface area contributed by atoms with Gasteiger partial charge in [-0.05, 0) is 5.56 Å². The Kier molecular flexibility index (Phi) is 21.5. The molecule has 0 aliphatic rings. The van der Waals surface area contributed by atoms with Crippen LogP contribution in [0.1, 0.15) is 5.56 Å². The molecule has 1 aromatic rings. The molecule has 0 aliphatic carbocycles. The summed E-state index contributed by atoms with van der Waals surface area (Å²) in [5.74, 6) is -0.999. The first-order valence-electron chi connectivity index (χ1n) is 11.9. The second-order valence-corrected chi connectivity index (χ2v) is 7.11. The van der Waals surface area contributed by atoms with Crippen LogP contribution in [0.2, 0.25) is 0 Å². The SMILES string of the molecule is O=C(O)COCCOCCOCCOCCOCCOCCOCCNC(=O)OCc1ccccc1. The summed E-state index contributed by atoms with van der Waals surface area (Å²) in [6.45, 7) is 5.66. The number of carboxylic acid groups (broad SMARTS) is 1. The molecule has 0 atom stereocenters. The molecule has 0 spiro atoms. The molecule has 0 saturated carbocycles. The van der Waals surface area contributed by atoms with Gasteiger partial charge in [-0.2, -0.15) is 0 Å². The highest BCUT2D eigenvalue weighted by molar-refractivity contribution is 5.68. The van der Waals surface area contributed by atoms with Crippen molar-refractivity contribution in [1.29, 1.82) is 0 Å². The summed E-state index contributed by atoms with van der Waals surface area (Å²) in [4.78, 5) is 21.8. The Hall–Kier alpha value is -2.32. The molecule has 0 bridgehead atoms. The maximum absolute atomic E-state index is 11.6. The third-order valence-electron chi connectivity index (χ3n) is 4.19. The lowest BCUT2D eigenvalue weighted by Gasteiger charge is -2.09. The maximum atomic E-state index is 11.6. The number of hydrogen-bond donors (Lipinski definition) is 2. The molecule has 12 heteroatoms. The first kappa shape index (κ1) is 31.7. The van der Waals surface area contributed by atoms with Crippen LogP contribution < -0.4 is 5.32 Å². The van der Waals surface area contributed by atoms with Gasteiger partial charge in [-0.3, -0.25) is 0 Å². The van der Waals surface area contributed by atoms with Gasteiger partial charge in [-0.1, -0.05) is 30.3 Å². The number of amides is 1. The van der Waals surface area contributed by atoms with Gasteiger partial charge in [0, 0.05) is 6.54 Å². The number of alkyl carbamates (subject to hydrolysis) is 1. The Labute approximate surface area is 212 Å². The van der Waals surface area contributed by atoms with Crippen molar-refractivity contribution in [2.24, 2.45) is 0 Å². The molecule has 0 radical (unpaired) electrons. The van der Waals surface area contributed by atoms with Crippen LogP contribution in [0.25, 0.3) is 0 Å². The molecular weight excluding hydrogens is 478 g/mol. The van der Waals surface area contributed by atoms with E-state index in [2.05, 4.69) is 5.32 Å². The Morgan fingerprint density at radius 1 is 0.611 bits per heavy atom. The highest BCUT2D eigenvalue weighted by Crippen LogP contribution is 2.00. The number of hydrogen-bond acceptors (Lipinski definition) is 10. The van der Waals surface area contributed by atoms with Gasteiger partial charge in [0.15, 0.2) is 0 Å². The molecule has 0 aromatic heterocycles. The minimum absolute atomic E-state index is 0.234. The summed E-state index contributed by atoms with van der Waals surface area (Å²) in [6, 6.07) is 9.47. The fourth-order valence-electron chi connectivity index (χ4n) is 2.48. The van der Waals surface area contributed by atoms with Crippen molar-refractivity contribution in [2.75, 3.05) is 99.0 Å². The first-order valence-corrected chi connectivity index (χ1v) is 11.9. The predicted octanol–water partition coefficient (Wildman–Crippen LogP) is 1.11. The molecule has 1 rings (SSSR count). The van der Waals surface area contributed by atoms with Crippen LogP contribution >= 0.6 is 0 Å². The van der Waals surface area contributed by atoms with E-state index in [0.717, 1.165) is 5.56 Å². The zero-order valence-electron chi connectivity index (χ0n) is 20.7. The van der Waals surface area contributed by atoms with E-state index >= 15 is 0 Å². The van der Waals surface area contributed by atoms with Gasteiger partial charge in [0.2, 0.25) is 0 Å². The number of carbonyl (C=O) groups excluding carboxylic acids is 1. The molecule has 0 unspecified atom stereocenters. The molecule has 0 fully saturated rings. The molecule has 1 amide bonds. The van der Waals surface area contributed by atoms with E-state index in [1.807, 2.05) is 30.3 Å². The molecular formula is C24H39NO11. The lowest BCUT2D eigenvalue weighted by molar-refractivity contribution is -0.142. The fraction of sp³-hybridized carbons (Fsp3) is 0.667. The molecule has 2 N–H and O–H groups in total. The van der Waals surface area contributed by atoms with Crippen LogP contribution in [0.3, 0.4) is 0 Å². The second-order valence-electron chi connectivity index (χ2n) is 7.11. The largest absolute Gasteiger partial charge is 0.480 e. The van der Waals surface area contributed by atoms with Crippen molar-refractivity contribution in [3.05, 3.63) is 35.9 Å². The van der Waals surface area contributed by atoms with E-state index in [0.29, 0.717) is 85.8 Å². The number of ether oxygens (including phenoxy) is 8. The first-order chi connectivity index (χ1) is 17.7. The lowest BCUT2D eigenvalue weighted by Crippen LogP contribution is -2.28. The Morgan fingerprint density at radius 3 is 1.47 bits per heavy atom. The van der Waals surface area contributed by atoms with E-state index in [1.165, 1.54) is 0 Å². The van der Waals surface area contributed by atoms with Gasteiger partial charge < -0.3 is 48.3 Å². The number of aliphatic carboxylic acids is 1. The molecule has 0 heterocycles. The van der Waals surface area contributed by atoms with Crippen molar-refractivity contribution in [3.63, 3.8) is 0 Å². The Morgan fingerprint density at radius 2 is 1.03 bits per heavy atom. The smallest absolute Gasteiger partial charge is 0.407 e. The molecule has 206 valence electrons. The minimum atomic E-state index is -0.999. The highest BCUT2D eigenvalue weighted by Gasteiger charge is 2.01. The number of rotatable bonds is 25. The van der Waals surface area contributed by atoms with E-state index in [4.69, 9.17) is 43.0 Å². The van der Waals surface area contributed by atoms with Gasteiger partial charge in [0.25, 0.3) is 0 Å². The summed E-state index contributed by atoms with van der Waals surface area (Å²) < 4.78 is 42.1. The highest BCUT2D eigenvalue weighted by atomic mass is 16.6. The van der Waals surface area contributed by atoms with Crippen LogP contribution in [-0.4, -0.2) is 116 Å². The van der Waals surface area contributed by atoms with Crippen molar-refractivity contribution < 1.29 is 52.6 Å². The van der Waals surface area contributed by atoms with E-state index in [9.17, 15) is 9.59 Å². The second kappa shape index (κ2) is 24.4. The minimum Gasteiger partial charge on any atom is -0.480 e. The molecule has 12 nitrogen and oxygen atoms in total. The van der Waals surface area contributed by atoms with Crippen LogP contribution in [-0.2, 0) is 49.3 Å². The lowest BCUT2D eigenvalue weighted by atomic mass is 10.2. The molecule has 1 aromatic carbocycles. The van der Waals surface area contributed by atoms with Crippen molar-refractivity contribution in [3.8, 4) is 0 Å². The fourth-order valence-corrected chi connectivity index (χ4v) is 2.48. The number of carbonyl (C=O) groups is 2. The van der Waals surface area contributed by atoms with E-state index < -0.39 is 12.1 Å². The quantitative estimate of drug-likeness (QED) is 0.180. The third kappa shape index (κ3) is 22.2. The maximum Gasteiger partial charge on any atom is 0.407 e. The van der Waals surface area contributed by atoms with E-state index in [-0.39, 0.29) is 19.8 Å². The van der Waals surface area contributed by atoms with Crippen molar-refractivity contribution in [1.82, 2.24) is 5.32 Å². The summed E-state index contributed by atoms with van der Waals surface area (Å²) in [5, 5.41) is 11.0. The number of nitrogens with one attached hydrogen (secondary N) is 1. The van der Waals surface area contributed by atoms with Gasteiger partial charge in [0.05, 0.1) is 85.9 Å². The topological polar surface area (TPSA) is 140 Å². The predicted molar refractivity (Wildman–Crippen MR) is 128 cm³/mol.